The molecule has 0 saturated carbocycles. The Bertz CT molecular complexity index is 494. The maximum atomic E-state index is 12.4. The van der Waals surface area contributed by atoms with Gasteiger partial charge in [0.2, 0.25) is 0 Å². The molecule has 4 heteroatoms. The summed E-state index contributed by atoms with van der Waals surface area (Å²) < 4.78 is 0. The van der Waals surface area contributed by atoms with E-state index in [0.29, 0.717) is 10.9 Å². The molecule has 0 N–H and O–H groups in total. The van der Waals surface area contributed by atoms with Crippen molar-refractivity contribution in [3.63, 3.8) is 0 Å². The van der Waals surface area contributed by atoms with Crippen molar-refractivity contribution in [2.24, 2.45) is 0 Å². The zero-order valence-electron chi connectivity index (χ0n) is 11.7. The van der Waals surface area contributed by atoms with Gasteiger partial charge in [0, 0.05) is 5.56 Å². The molecule has 0 aliphatic rings. The molecule has 0 fully saturated rings. The van der Waals surface area contributed by atoms with E-state index in [-0.39, 0.29) is 10.8 Å². The molecule has 0 amide bonds. The van der Waals surface area contributed by atoms with Crippen LogP contribution in [0.15, 0.2) is 30.3 Å². The van der Waals surface area contributed by atoms with Gasteiger partial charge in [0.15, 0.2) is 8.07 Å². The lowest BCUT2D eigenvalue weighted by molar-refractivity contribution is -0.00275. The first-order chi connectivity index (χ1) is 8.21. The Kier molecular flexibility index (Phi) is 4.04. The van der Waals surface area contributed by atoms with Crippen molar-refractivity contribution in [3.05, 3.63) is 41.4 Å². The minimum Gasteiger partial charge on any atom is -0.362 e. The first kappa shape index (κ1) is 14.5. The highest BCUT2D eigenvalue weighted by Gasteiger charge is 2.49. The monoisotopic (exact) mass is 260 g/mol. The van der Waals surface area contributed by atoms with Crippen molar-refractivity contribution >= 4 is 19.2 Å². The maximum absolute atomic E-state index is 12.4. The van der Waals surface area contributed by atoms with Crippen molar-refractivity contribution in [2.75, 3.05) is 0 Å². The summed E-state index contributed by atoms with van der Waals surface area (Å²) >= 11 is 0. The quantitative estimate of drug-likeness (QED) is 0.269. The van der Waals surface area contributed by atoms with Crippen LogP contribution in [0.1, 0.15) is 31.1 Å². The van der Waals surface area contributed by atoms with E-state index < -0.39 is 8.07 Å². The molecule has 1 aromatic rings. The number of rotatable bonds is 3. The summed E-state index contributed by atoms with van der Waals surface area (Å²) in [5.74, 6) is -0.162. The van der Waals surface area contributed by atoms with Crippen molar-refractivity contribution in [2.45, 2.75) is 38.9 Å². The van der Waals surface area contributed by atoms with Crippen LogP contribution < -0.4 is 0 Å². The third-order valence-electron chi connectivity index (χ3n) is 3.82. The van der Waals surface area contributed by atoms with Crippen LogP contribution in [0.5, 0.6) is 0 Å². The van der Waals surface area contributed by atoms with E-state index in [2.05, 4.69) is 38.7 Å². The molecule has 0 spiro atoms. The molecule has 0 aliphatic carbocycles. The number of carbonyl (C=O) groups is 1. The highest BCUT2D eigenvalue weighted by Crippen LogP contribution is 2.36. The zero-order valence-corrected chi connectivity index (χ0v) is 12.7. The Morgan fingerprint density at radius 1 is 1.17 bits per heavy atom. The van der Waals surface area contributed by atoms with Crippen LogP contribution in [-0.4, -0.2) is 24.0 Å². The number of ketones is 1. The second-order valence-electron chi connectivity index (χ2n) is 6.02. The fourth-order valence-electron chi connectivity index (χ4n) is 1.54. The molecule has 0 atom stereocenters. The van der Waals surface area contributed by atoms with Crippen LogP contribution in [0.2, 0.25) is 18.1 Å². The predicted octanol–water partition coefficient (Wildman–Crippen LogP) is 3.59. The van der Waals surface area contributed by atoms with Gasteiger partial charge in [-0.2, -0.15) is 4.79 Å². The Hall–Kier alpha value is -1.51. The van der Waals surface area contributed by atoms with Crippen LogP contribution in [0.3, 0.4) is 0 Å². The van der Waals surface area contributed by atoms with Gasteiger partial charge >= 0.3 is 5.33 Å². The summed E-state index contributed by atoms with van der Waals surface area (Å²) in [6, 6.07) is 8.99. The van der Waals surface area contributed by atoms with Crippen molar-refractivity contribution in [3.8, 4) is 0 Å². The topological polar surface area (TPSA) is 53.5 Å². The molecule has 0 radical (unpaired) electrons. The fourth-order valence-corrected chi connectivity index (χ4v) is 3.21. The van der Waals surface area contributed by atoms with Crippen molar-refractivity contribution < 1.29 is 9.58 Å². The van der Waals surface area contributed by atoms with Gasteiger partial charge in [0.1, 0.15) is 0 Å². The Balaban J connectivity index is 3.23. The predicted molar refractivity (Wildman–Crippen MR) is 76.6 cm³/mol. The molecule has 1 aromatic carbocycles. The summed E-state index contributed by atoms with van der Waals surface area (Å²) in [4.78, 5) is 15.7. The number of carbonyl (C=O) groups excluding carboxylic acids is 1. The van der Waals surface area contributed by atoms with Crippen molar-refractivity contribution in [1.82, 2.24) is 0 Å². The van der Waals surface area contributed by atoms with Gasteiger partial charge in [0.05, 0.1) is 0 Å². The van der Waals surface area contributed by atoms with E-state index in [1.165, 1.54) is 0 Å². The molecule has 0 aliphatic heterocycles. The van der Waals surface area contributed by atoms with Crippen LogP contribution in [0.25, 0.3) is 5.53 Å². The highest BCUT2D eigenvalue weighted by atomic mass is 28.3. The third kappa shape index (κ3) is 2.66. The highest BCUT2D eigenvalue weighted by molar-refractivity contribution is 7.14. The lowest BCUT2D eigenvalue weighted by Crippen LogP contribution is -2.50. The lowest BCUT2D eigenvalue weighted by atomic mass is 10.1. The molecule has 1 rings (SSSR count). The summed E-state index contributed by atoms with van der Waals surface area (Å²) in [5, 5.41) is 0.292. The molecular weight excluding hydrogens is 240 g/mol. The molecule has 0 heterocycles. The van der Waals surface area contributed by atoms with Crippen LogP contribution in [0.4, 0.5) is 0 Å². The SMILES string of the molecule is CC(C)(C)[Si](C)(C)C(=[N+]=[N-])C(=O)c1ccccc1. The van der Waals surface area contributed by atoms with Gasteiger partial charge in [-0.25, -0.2) is 0 Å². The number of benzene rings is 1. The molecule has 96 valence electrons. The van der Waals surface area contributed by atoms with Gasteiger partial charge in [-0.05, 0) is 5.04 Å². The first-order valence-corrected chi connectivity index (χ1v) is 9.04. The first-order valence-electron chi connectivity index (χ1n) is 6.04. The summed E-state index contributed by atoms with van der Waals surface area (Å²) in [6.07, 6.45) is 0. The standard InChI is InChI=1S/C14H20N2OSi/c1-14(2,3)18(4,5)13(16-15)12(17)11-9-7-6-8-10-11/h6-10H,1-5H3. The maximum Gasteiger partial charge on any atom is 0.305 e. The van der Waals surface area contributed by atoms with E-state index in [9.17, 15) is 10.3 Å². The third-order valence-corrected chi connectivity index (χ3v) is 9.08. The van der Waals surface area contributed by atoms with Crippen molar-refractivity contribution in [1.29, 1.82) is 0 Å². The molecule has 0 aromatic heterocycles. The molecular formula is C14H20N2OSi. The Morgan fingerprint density at radius 2 is 1.67 bits per heavy atom. The summed E-state index contributed by atoms with van der Waals surface area (Å²) in [6.45, 7) is 10.4. The van der Waals surface area contributed by atoms with E-state index in [1.807, 2.05) is 18.2 Å². The van der Waals surface area contributed by atoms with Crippen LogP contribution in [0, 0.1) is 0 Å². The number of hydrogen-bond acceptors (Lipinski definition) is 1. The summed E-state index contributed by atoms with van der Waals surface area (Å²) in [7, 11) is -2.13. The molecule has 3 nitrogen and oxygen atoms in total. The van der Waals surface area contributed by atoms with E-state index in [4.69, 9.17) is 0 Å². The number of hydrogen-bond donors (Lipinski definition) is 0. The van der Waals surface area contributed by atoms with Crippen LogP contribution in [-0.2, 0) is 0 Å². The summed E-state index contributed by atoms with van der Waals surface area (Å²) in [5.41, 5.74) is 9.84. The average Bonchev–Trinajstić information content (AvgIpc) is 2.29. The number of nitrogens with zero attached hydrogens (tertiary/aromatic N) is 2. The average molecular weight is 260 g/mol. The second kappa shape index (κ2) is 5.00. The molecule has 0 unspecified atom stereocenters. The van der Waals surface area contributed by atoms with Gasteiger partial charge in [-0.15, -0.1) is 0 Å². The van der Waals surface area contributed by atoms with E-state index in [0.717, 1.165) is 0 Å². The zero-order chi connectivity index (χ0) is 14.0. The largest absolute Gasteiger partial charge is 0.362 e. The molecule has 0 bridgehead atoms. The Labute approximate surface area is 109 Å². The second-order valence-corrected chi connectivity index (χ2v) is 11.2. The van der Waals surface area contributed by atoms with Gasteiger partial charge in [-0.3, -0.25) is 4.79 Å². The lowest BCUT2D eigenvalue weighted by Gasteiger charge is -2.31. The Morgan fingerprint density at radius 3 is 2.06 bits per heavy atom. The van der Waals surface area contributed by atoms with Gasteiger partial charge in [-0.1, -0.05) is 64.2 Å². The minimum atomic E-state index is -2.13. The molecule has 18 heavy (non-hydrogen) atoms. The normalized spacial score (nSPS) is 11.8. The smallest absolute Gasteiger partial charge is 0.305 e. The van der Waals surface area contributed by atoms with Gasteiger partial charge in [0.25, 0.3) is 5.78 Å². The number of Topliss-reactive ketones (excluding diaryl/α,β-unsaturated/α-hetero) is 1. The fraction of sp³-hybridized carbons (Fsp3) is 0.429. The van der Waals surface area contributed by atoms with Gasteiger partial charge < -0.3 is 5.53 Å². The van der Waals surface area contributed by atoms with Crippen LogP contribution >= 0.6 is 0 Å². The van der Waals surface area contributed by atoms with E-state index >= 15 is 0 Å². The van der Waals surface area contributed by atoms with E-state index in [1.54, 1.807) is 12.1 Å². The molecule has 0 saturated heterocycles. The minimum absolute atomic E-state index is 0.0427.